The summed E-state index contributed by atoms with van der Waals surface area (Å²) in [7, 11) is 0. The van der Waals surface area contributed by atoms with Crippen molar-refractivity contribution in [2.75, 3.05) is 5.32 Å². The minimum absolute atomic E-state index is 0.0542. The van der Waals surface area contributed by atoms with Crippen LogP contribution in [-0.2, 0) is 6.18 Å². The second kappa shape index (κ2) is 5.91. The molecule has 10 heteroatoms. The zero-order valence-electron chi connectivity index (χ0n) is 11.2. The highest BCUT2D eigenvalue weighted by Gasteiger charge is 2.35. The van der Waals surface area contributed by atoms with Gasteiger partial charge in [0.15, 0.2) is 0 Å². The van der Waals surface area contributed by atoms with Gasteiger partial charge in [-0.1, -0.05) is 6.07 Å². The summed E-state index contributed by atoms with van der Waals surface area (Å²) in [6.07, 6.45) is -4.82. The number of alkyl halides is 3. The van der Waals surface area contributed by atoms with E-state index in [9.17, 15) is 33.4 Å². The number of nitro benzene ring substituents is 2. The fraction of sp³-hybridized carbons (Fsp3) is 0.0769. The highest BCUT2D eigenvalue weighted by Crippen LogP contribution is 2.38. The summed E-state index contributed by atoms with van der Waals surface area (Å²) in [6.45, 7) is 0. The Balaban J connectivity index is 2.45. The van der Waals surface area contributed by atoms with Crippen molar-refractivity contribution in [2.45, 2.75) is 6.18 Å². The Kier molecular flexibility index (Phi) is 4.16. The zero-order valence-corrected chi connectivity index (χ0v) is 11.2. The molecule has 7 nitrogen and oxygen atoms in total. The largest absolute Gasteiger partial charge is 0.418 e. The highest BCUT2D eigenvalue weighted by atomic mass is 19.4. The summed E-state index contributed by atoms with van der Waals surface area (Å²) >= 11 is 0. The van der Waals surface area contributed by atoms with Gasteiger partial charge in [0.05, 0.1) is 21.1 Å². The maximum atomic E-state index is 13.0. The number of nitro groups is 2. The quantitative estimate of drug-likeness (QED) is 0.668. The van der Waals surface area contributed by atoms with Crippen molar-refractivity contribution in [1.29, 1.82) is 0 Å². The third-order valence-electron chi connectivity index (χ3n) is 2.86. The van der Waals surface area contributed by atoms with Gasteiger partial charge < -0.3 is 5.32 Å². The molecule has 0 radical (unpaired) electrons. The van der Waals surface area contributed by atoms with E-state index in [0.29, 0.717) is 6.07 Å². The van der Waals surface area contributed by atoms with Crippen LogP contribution < -0.4 is 5.32 Å². The van der Waals surface area contributed by atoms with Crippen molar-refractivity contribution in [3.63, 3.8) is 0 Å². The van der Waals surface area contributed by atoms with Crippen LogP contribution >= 0.6 is 0 Å². The molecular formula is C13H8F3N3O4. The number of halogens is 3. The molecule has 0 bridgehead atoms. The summed E-state index contributed by atoms with van der Waals surface area (Å²) in [4.78, 5) is 19.7. The number of rotatable bonds is 4. The summed E-state index contributed by atoms with van der Waals surface area (Å²) in [6, 6.07) is 7.11. The second-order valence-electron chi connectivity index (χ2n) is 4.42. The van der Waals surface area contributed by atoms with Crippen LogP contribution in [0, 0.1) is 20.2 Å². The third kappa shape index (κ3) is 3.73. The van der Waals surface area contributed by atoms with Gasteiger partial charge in [0.25, 0.3) is 11.4 Å². The Morgan fingerprint density at radius 1 is 0.913 bits per heavy atom. The van der Waals surface area contributed by atoms with E-state index in [4.69, 9.17) is 0 Å². The predicted molar refractivity (Wildman–Crippen MR) is 74.5 cm³/mol. The molecule has 0 fully saturated rings. The number of nitrogens with zero attached hydrogens (tertiary/aromatic N) is 2. The minimum Gasteiger partial charge on any atom is -0.355 e. The van der Waals surface area contributed by atoms with E-state index in [1.54, 1.807) is 0 Å². The Labute approximate surface area is 126 Å². The van der Waals surface area contributed by atoms with Crippen LogP contribution in [0.5, 0.6) is 0 Å². The number of hydrogen-bond donors (Lipinski definition) is 1. The topological polar surface area (TPSA) is 98.3 Å². The van der Waals surface area contributed by atoms with Crippen molar-refractivity contribution < 1.29 is 23.0 Å². The molecule has 0 heterocycles. The molecule has 1 N–H and O–H groups in total. The van der Waals surface area contributed by atoms with Crippen molar-refractivity contribution >= 4 is 22.7 Å². The van der Waals surface area contributed by atoms with Gasteiger partial charge in [-0.2, -0.15) is 13.2 Å². The highest BCUT2D eigenvalue weighted by molar-refractivity contribution is 5.67. The normalized spacial score (nSPS) is 11.1. The molecule has 0 spiro atoms. The van der Waals surface area contributed by atoms with E-state index in [2.05, 4.69) is 5.32 Å². The number of non-ortho nitro benzene ring substituents is 2. The molecule has 0 atom stereocenters. The van der Waals surface area contributed by atoms with Gasteiger partial charge in [-0.05, 0) is 12.1 Å². The lowest BCUT2D eigenvalue weighted by Gasteiger charge is -2.14. The van der Waals surface area contributed by atoms with E-state index in [1.165, 1.54) is 18.2 Å². The van der Waals surface area contributed by atoms with Crippen molar-refractivity contribution in [3.05, 3.63) is 68.3 Å². The molecule has 0 aliphatic heterocycles. The average Bonchev–Trinajstić information content (AvgIpc) is 2.46. The lowest BCUT2D eigenvalue weighted by Crippen LogP contribution is -2.09. The molecule has 23 heavy (non-hydrogen) atoms. The van der Waals surface area contributed by atoms with E-state index in [0.717, 1.165) is 18.2 Å². The Bertz CT molecular complexity index is 777. The average molecular weight is 327 g/mol. The molecular weight excluding hydrogens is 319 g/mol. The minimum atomic E-state index is -4.82. The van der Waals surface area contributed by atoms with Gasteiger partial charge in [-0.25, -0.2) is 0 Å². The van der Waals surface area contributed by atoms with Crippen LogP contribution in [0.2, 0.25) is 0 Å². The van der Waals surface area contributed by atoms with Gasteiger partial charge in [0.1, 0.15) is 0 Å². The first-order chi connectivity index (χ1) is 10.7. The van der Waals surface area contributed by atoms with Crippen LogP contribution in [0.4, 0.5) is 35.9 Å². The lowest BCUT2D eigenvalue weighted by molar-refractivity contribution is -0.385. The fourth-order valence-electron chi connectivity index (χ4n) is 1.84. The monoisotopic (exact) mass is 327 g/mol. The van der Waals surface area contributed by atoms with Gasteiger partial charge in [0, 0.05) is 30.0 Å². The first-order valence-electron chi connectivity index (χ1n) is 6.05. The molecule has 2 rings (SSSR count). The molecule has 0 amide bonds. The maximum absolute atomic E-state index is 13.0. The van der Waals surface area contributed by atoms with Crippen molar-refractivity contribution in [2.24, 2.45) is 0 Å². The Morgan fingerprint density at radius 3 is 2.09 bits per heavy atom. The maximum Gasteiger partial charge on any atom is 0.418 e. The fourth-order valence-corrected chi connectivity index (χ4v) is 1.84. The van der Waals surface area contributed by atoms with Crippen molar-refractivity contribution in [3.8, 4) is 0 Å². The number of anilines is 2. The second-order valence-corrected chi connectivity index (χ2v) is 4.42. The molecule has 0 saturated carbocycles. The van der Waals surface area contributed by atoms with Gasteiger partial charge >= 0.3 is 6.18 Å². The molecule has 0 unspecified atom stereocenters. The molecule has 0 aliphatic rings. The van der Waals surface area contributed by atoms with E-state index in [-0.39, 0.29) is 11.4 Å². The predicted octanol–water partition coefficient (Wildman–Crippen LogP) is 4.27. The standard InChI is InChI=1S/C13H8F3N3O4/c14-13(15,16)11-7-10(19(22)23)4-5-12(11)17-8-2-1-3-9(6-8)18(20)21/h1-7,17H. The molecule has 2 aromatic rings. The van der Waals surface area contributed by atoms with Crippen LogP contribution in [0.1, 0.15) is 5.56 Å². The smallest absolute Gasteiger partial charge is 0.355 e. The molecule has 0 aliphatic carbocycles. The SMILES string of the molecule is O=[N+]([O-])c1cccc(Nc2ccc([N+](=O)[O-])cc2C(F)(F)F)c1. The summed E-state index contributed by atoms with van der Waals surface area (Å²) in [5.41, 5.74) is -2.63. The third-order valence-corrected chi connectivity index (χ3v) is 2.86. The first-order valence-corrected chi connectivity index (χ1v) is 6.05. The lowest BCUT2D eigenvalue weighted by atomic mass is 10.1. The van der Waals surface area contributed by atoms with Gasteiger partial charge in [0.2, 0.25) is 0 Å². The Hall–Kier alpha value is -3.17. The summed E-state index contributed by atoms with van der Waals surface area (Å²) in [5, 5.41) is 23.7. The van der Waals surface area contributed by atoms with Gasteiger partial charge in [-0.3, -0.25) is 20.2 Å². The van der Waals surface area contributed by atoms with Crippen molar-refractivity contribution in [1.82, 2.24) is 0 Å². The summed E-state index contributed by atoms with van der Waals surface area (Å²) in [5.74, 6) is 0. The van der Waals surface area contributed by atoms with E-state index in [1.807, 2.05) is 0 Å². The number of hydrogen-bond acceptors (Lipinski definition) is 5. The number of benzene rings is 2. The molecule has 0 aromatic heterocycles. The Morgan fingerprint density at radius 2 is 1.52 bits per heavy atom. The molecule has 0 saturated heterocycles. The summed E-state index contributed by atoms with van der Waals surface area (Å²) < 4.78 is 39.1. The molecule has 120 valence electrons. The van der Waals surface area contributed by atoms with E-state index >= 15 is 0 Å². The van der Waals surface area contributed by atoms with Crippen LogP contribution in [0.15, 0.2) is 42.5 Å². The first kappa shape index (κ1) is 16.2. The van der Waals surface area contributed by atoms with Gasteiger partial charge in [-0.15, -0.1) is 0 Å². The zero-order chi connectivity index (χ0) is 17.2. The van der Waals surface area contributed by atoms with Crippen LogP contribution in [-0.4, -0.2) is 9.85 Å². The van der Waals surface area contributed by atoms with Crippen LogP contribution in [0.3, 0.4) is 0 Å². The molecule has 2 aromatic carbocycles. The van der Waals surface area contributed by atoms with Crippen LogP contribution in [0.25, 0.3) is 0 Å². The van der Waals surface area contributed by atoms with E-state index < -0.39 is 33.0 Å². The number of nitrogens with one attached hydrogen (secondary N) is 1.